The van der Waals surface area contributed by atoms with Gasteiger partial charge in [-0.15, -0.1) is 22.7 Å². The van der Waals surface area contributed by atoms with Gasteiger partial charge in [-0.1, -0.05) is 52.0 Å². The Hall–Kier alpha value is -2.51. The summed E-state index contributed by atoms with van der Waals surface area (Å²) in [5, 5.41) is 7.32. The van der Waals surface area contributed by atoms with E-state index in [1.54, 1.807) is 16.7 Å². The molecule has 0 atom stereocenters. The minimum absolute atomic E-state index is 0.219. The van der Waals surface area contributed by atoms with Crippen LogP contribution >= 0.6 is 22.7 Å². The second-order valence-corrected chi connectivity index (χ2v) is 9.07. The number of carbonyl (C=O) groups is 2. The Kier molecular flexibility index (Phi) is 6.82. The fourth-order valence-corrected chi connectivity index (χ4v) is 4.56. The predicted octanol–water partition coefficient (Wildman–Crippen LogP) is 5.91. The topological polar surface area (TPSA) is 68.3 Å². The van der Waals surface area contributed by atoms with E-state index in [1.807, 2.05) is 35.7 Å². The van der Waals surface area contributed by atoms with Crippen molar-refractivity contribution in [1.82, 2.24) is 4.98 Å². The number of aromatic nitrogens is 1. The Morgan fingerprint density at radius 2 is 1.72 bits per heavy atom. The molecule has 0 saturated carbocycles. The first-order valence-corrected chi connectivity index (χ1v) is 11.2. The first-order valence-electron chi connectivity index (χ1n) is 9.46. The minimum atomic E-state index is -0.597. The zero-order chi connectivity index (χ0) is 21.0. The quantitative estimate of drug-likeness (QED) is 0.475. The van der Waals surface area contributed by atoms with Gasteiger partial charge in [-0.25, -0.2) is 9.78 Å². The number of nitrogens with zero attached hydrogens (tertiary/aromatic N) is 1. The van der Waals surface area contributed by atoms with E-state index in [4.69, 9.17) is 4.74 Å². The number of para-hydroxylation sites is 1. The molecule has 0 fully saturated rings. The summed E-state index contributed by atoms with van der Waals surface area (Å²) in [5.41, 5.74) is 3.16. The summed E-state index contributed by atoms with van der Waals surface area (Å²) >= 11 is 2.94. The lowest BCUT2D eigenvalue weighted by molar-refractivity contribution is -0.119. The van der Waals surface area contributed by atoms with Gasteiger partial charge in [0.1, 0.15) is 5.01 Å². The molecule has 5 nitrogen and oxygen atoms in total. The number of esters is 1. The van der Waals surface area contributed by atoms with Gasteiger partial charge in [0, 0.05) is 11.1 Å². The van der Waals surface area contributed by atoms with Gasteiger partial charge < -0.3 is 10.1 Å². The average molecular weight is 429 g/mol. The maximum atomic E-state index is 12.5. The number of ether oxygens (including phenoxy) is 1. The lowest BCUT2D eigenvalue weighted by Crippen LogP contribution is -2.22. The van der Waals surface area contributed by atoms with Gasteiger partial charge in [0.05, 0.1) is 4.88 Å². The lowest BCUT2D eigenvalue weighted by atomic mass is 9.92. The second kappa shape index (κ2) is 9.33. The molecule has 0 aliphatic rings. The number of anilines is 1. The summed E-state index contributed by atoms with van der Waals surface area (Å²) < 4.78 is 5.19. The molecule has 2 aromatic heterocycles. The van der Waals surface area contributed by atoms with Crippen molar-refractivity contribution in [2.45, 2.75) is 39.5 Å². The van der Waals surface area contributed by atoms with Gasteiger partial charge in [-0.05, 0) is 34.4 Å². The Morgan fingerprint density at radius 3 is 2.31 bits per heavy atom. The largest absolute Gasteiger partial charge is 0.451 e. The SMILES string of the molecule is CC(C)c1cccc(C(C)C)c1NC(=O)COC(=O)c1csc(-c2cccs2)n1. The fourth-order valence-electron chi connectivity index (χ4n) is 2.96. The molecule has 0 aliphatic heterocycles. The number of thiazole rings is 1. The van der Waals surface area contributed by atoms with Gasteiger partial charge >= 0.3 is 5.97 Å². The van der Waals surface area contributed by atoms with Crippen LogP contribution in [0.25, 0.3) is 9.88 Å². The third-order valence-electron chi connectivity index (χ3n) is 4.42. The molecule has 1 amide bonds. The predicted molar refractivity (Wildman–Crippen MR) is 119 cm³/mol. The van der Waals surface area contributed by atoms with E-state index < -0.39 is 5.97 Å². The fraction of sp³-hybridized carbons (Fsp3) is 0.318. The molecule has 29 heavy (non-hydrogen) atoms. The van der Waals surface area contributed by atoms with Crippen LogP contribution in [-0.4, -0.2) is 23.5 Å². The monoisotopic (exact) mass is 428 g/mol. The van der Waals surface area contributed by atoms with Crippen molar-refractivity contribution in [3.8, 4) is 9.88 Å². The smallest absolute Gasteiger partial charge is 0.358 e. The molecule has 3 aromatic rings. The van der Waals surface area contributed by atoms with Crippen molar-refractivity contribution in [1.29, 1.82) is 0 Å². The first-order chi connectivity index (χ1) is 13.9. The number of amides is 1. The summed E-state index contributed by atoms with van der Waals surface area (Å²) in [7, 11) is 0. The molecular formula is C22H24N2O3S2. The summed E-state index contributed by atoms with van der Waals surface area (Å²) in [6.07, 6.45) is 0. The van der Waals surface area contributed by atoms with Crippen molar-refractivity contribution < 1.29 is 14.3 Å². The highest BCUT2D eigenvalue weighted by atomic mass is 32.1. The summed E-state index contributed by atoms with van der Waals surface area (Å²) in [6, 6.07) is 9.92. The minimum Gasteiger partial charge on any atom is -0.451 e. The zero-order valence-electron chi connectivity index (χ0n) is 16.9. The maximum absolute atomic E-state index is 12.5. The summed E-state index contributed by atoms with van der Waals surface area (Å²) in [6.45, 7) is 7.99. The molecule has 0 aliphatic carbocycles. The van der Waals surface area contributed by atoms with E-state index in [1.165, 1.54) is 11.3 Å². The van der Waals surface area contributed by atoms with E-state index in [0.29, 0.717) is 0 Å². The van der Waals surface area contributed by atoms with Gasteiger partial charge in [0.15, 0.2) is 12.3 Å². The van der Waals surface area contributed by atoms with Crippen LogP contribution in [0.4, 0.5) is 5.69 Å². The van der Waals surface area contributed by atoms with Crippen LogP contribution in [-0.2, 0) is 9.53 Å². The van der Waals surface area contributed by atoms with Crippen LogP contribution < -0.4 is 5.32 Å². The molecule has 0 bridgehead atoms. The lowest BCUT2D eigenvalue weighted by Gasteiger charge is -2.20. The Balaban J connectivity index is 1.65. The third-order valence-corrected chi connectivity index (χ3v) is 6.30. The third kappa shape index (κ3) is 5.10. The van der Waals surface area contributed by atoms with Gasteiger partial charge in [0.2, 0.25) is 0 Å². The molecule has 2 heterocycles. The Bertz CT molecular complexity index is 965. The molecule has 1 N–H and O–H groups in total. The normalized spacial score (nSPS) is 11.1. The van der Waals surface area contributed by atoms with Crippen molar-refractivity contribution in [3.05, 3.63) is 57.9 Å². The molecule has 0 saturated heterocycles. The molecule has 0 spiro atoms. The number of thiophene rings is 1. The van der Waals surface area contributed by atoms with Crippen LogP contribution in [0.15, 0.2) is 41.1 Å². The van der Waals surface area contributed by atoms with Crippen molar-refractivity contribution in [2.75, 3.05) is 11.9 Å². The van der Waals surface area contributed by atoms with Crippen LogP contribution in [0.2, 0.25) is 0 Å². The number of rotatable bonds is 7. The van der Waals surface area contributed by atoms with E-state index in [-0.39, 0.29) is 30.0 Å². The molecule has 0 unspecified atom stereocenters. The van der Waals surface area contributed by atoms with E-state index in [0.717, 1.165) is 26.7 Å². The highest BCUT2D eigenvalue weighted by Gasteiger charge is 2.18. The first kappa shape index (κ1) is 21.2. The second-order valence-electron chi connectivity index (χ2n) is 7.26. The molecule has 0 radical (unpaired) electrons. The van der Waals surface area contributed by atoms with E-state index >= 15 is 0 Å². The van der Waals surface area contributed by atoms with E-state index in [9.17, 15) is 9.59 Å². The summed E-state index contributed by atoms with van der Waals surface area (Å²) in [4.78, 5) is 30.1. The Morgan fingerprint density at radius 1 is 1.03 bits per heavy atom. The van der Waals surface area contributed by atoms with Gasteiger partial charge in [0.25, 0.3) is 5.91 Å². The number of nitrogens with one attached hydrogen (secondary N) is 1. The average Bonchev–Trinajstić information content (AvgIpc) is 3.37. The molecular weight excluding hydrogens is 404 g/mol. The van der Waals surface area contributed by atoms with Crippen LogP contribution in [0, 0.1) is 0 Å². The number of hydrogen-bond acceptors (Lipinski definition) is 6. The van der Waals surface area contributed by atoms with Crippen LogP contribution in [0.3, 0.4) is 0 Å². The van der Waals surface area contributed by atoms with Crippen molar-refractivity contribution in [2.24, 2.45) is 0 Å². The van der Waals surface area contributed by atoms with Crippen molar-refractivity contribution in [3.63, 3.8) is 0 Å². The van der Waals surface area contributed by atoms with E-state index in [2.05, 4.69) is 38.0 Å². The summed E-state index contributed by atoms with van der Waals surface area (Å²) in [5.74, 6) is -0.433. The molecule has 1 aromatic carbocycles. The zero-order valence-corrected chi connectivity index (χ0v) is 18.5. The number of carbonyl (C=O) groups excluding carboxylic acids is 2. The van der Waals surface area contributed by atoms with Crippen molar-refractivity contribution >= 4 is 40.2 Å². The standard InChI is InChI=1S/C22H24N2O3S2/c1-13(2)15-7-5-8-16(14(3)4)20(15)24-19(25)11-27-22(26)17-12-29-21(23-17)18-9-6-10-28-18/h5-10,12-14H,11H2,1-4H3,(H,24,25). The number of hydrogen-bond donors (Lipinski definition) is 1. The number of benzene rings is 1. The van der Waals surface area contributed by atoms with Crippen LogP contribution in [0.5, 0.6) is 0 Å². The highest BCUT2D eigenvalue weighted by molar-refractivity contribution is 7.20. The Labute approximate surface area is 178 Å². The highest BCUT2D eigenvalue weighted by Crippen LogP contribution is 2.32. The molecule has 152 valence electrons. The maximum Gasteiger partial charge on any atom is 0.358 e. The van der Waals surface area contributed by atoms with Gasteiger partial charge in [-0.2, -0.15) is 0 Å². The van der Waals surface area contributed by atoms with Gasteiger partial charge in [-0.3, -0.25) is 4.79 Å². The van der Waals surface area contributed by atoms with Crippen LogP contribution in [0.1, 0.15) is 61.1 Å². The molecule has 7 heteroatoms. The molecule has 3 rings (SSSR count).